The predicted molar refractivity (Wildman–Crippen MR) is 63.2 cm³/mol. The summed E-state index contributed by atoms with van der Waals surface area (Å²) < 4.78 is 0. The zero-order chi connectivity index (χ0) is 11.1. The molecule has 0 aromatic heterocycles. The smallest absolute Gasteiger partial charge is 0.238 e. The minimum absolute atomic E-state index is 0.0726. The monoisotopic (exact) mass is 226 g/mol. The molecule has 0 spiro atoms. The van der Waals surface area contributed by atoms with Crippen molar-refractivity contribution in [1.82, 2.24) is 5.32 Å². The number of hydrogen-bond donors (Lipinski definition) is 2. The first-order chi connectivity index (χ1) is 7.24. The first-order valence-corrected chi connectivity index (χ1v) is 5.37. The van der Waals surface area contributed by atoms with E-state index in [1.165, 1.54) is 0 Å². The van der Waals surface area contributed by atoms with Crippen LogP contribution in [0.2, 0.25) is 5.02 Å². The first kappa shape index (κ1) is 12.0. The number of anilines is 1. The van der Waals surface area contributed by atoms with Gasteiger partial charge in [0.1, 0.15) is 0 Å². The number of halogens is 1. The molecule has 3 nitrogen and oxygen atoms in total. The Hall–Kier alpha value is -1.06. The second-order valence-electron chi connectivity index (χ2n) is 3.20. The number of amides is 1. The third kappa shape index (κ3) is 4.32. The number of para-hydroxylation sites is 1. The normalized spacial score (nSPS) is 10.0. The van der Waals surface area contributed by atoms with Crippen LogP contribution in [-0.2, 0) is 4.79 Å². The number of benzene rings is 1. The van der Waals surface area contributed by atoms with Gasteiger partial charge in [0.25, 0.3) is 0 Å². The van der Waals surface area contributed by atoms with Crippen LogP contribution in [0.4, 0.5) is 5.69 Å². The highest BCUT2D eigenvalue weighted by Gasteiger charge is 2.03. The lowest BCUT2D eigenvalue weighted by Gasteiger charge is -2.07. The Balaban J connectivity index is 2.41. The van der Waals surface area contributed by atoms with E-state index in [2.05, 4.69) is 17.6 Å². The molecule has 0 aliphatic carbocycles. The summed E-state index contributed by atoms with van der Waals surface area (Å²) in [5, 5.41) is 6.31. The van der Waals surface area contributed by atoms with E-state index in [0.717, 1.165) is 13.0 Å². The van der Waals surface area contributed by atoms with Crippen LogP contribution < -0.4 is 10.6 Å². The van der Waals surface area contributed by atoms with Gasteiger partial charge in [-0.3, -0.25) is 4.79 Å². The lowest BCUT2D eigenvalue weighted by molar-refractivity contribution is -0.115. The standard InChI is InChI=1S/C11H15ClN2O/c1-2-7-13-8-11(15)14-10-6-4-3-5-9(10)12/h3-6,13H,2,7-8H2,1H3,(H,14,15). The van der Waals surface area contributed by atoms with Crippen LogP contribution in [0.1, 0.15) is 13.3 Å². The van der Waals surface area contributed by atoms with Crippen molar-refractivity contribution < 1.29 is 4.79 Å². The van der Waals surface area contributed by atoms with E-state index in [-0.39, 0.29) is 5.91 Å². The minimum atomic E-state index is -0.0726. The maximum Gasteiger partial charge on any atom is 0.238 e. The van der Waals surface area contributed by atoms with Crippen LogP contribution in [0.15, 0.2) is 24.3 Å². The molecule has 4 heteroatoms. The summed E-state index contributed by atoms with van der Waals surface area (Å²) in [6, 6.07) is 7.19. The van der Waals surface area contributed by atoms with E-state index < -0.39 is 0 Å². The molecule has 0 heterocycles. The van der Waals surface area contributed by atoms with Gasteiger partial charge in [0.2, 0.25) is 5.91 Å². The Morgan fingerprint density at radius 3 is 2.80 bits per heavy atom. The highest BCUT2D eigenvalue weighted by molar-refractivity contribution is 6.33. The molecular weight excluding hydrogens is 212 g/mol. The van der Waals surface area contributed by atoms with Gasteiger partial charge in [-0.1, -0.05) is 30.7 Å². The Morgan fingerprint density at radius 1 is 1.40 bits per heavy atom. The minimum Gasteiger partial charge on any atom is -0.324 e. The van der Waals surface area contributed by atoms with Crippen LogP contribution in [0.3, 0.4) is 0 Å². The largest absolute Gasteiger partial charge is 0.324 e. The quantitative estimate of drug-likeness (QED) is 0.757. The van der Waals surface area contributed by atoms with E-state index in [1.54, 1.807) is 12.1 Å². The lowest BCUT2D eigenvalue weighted by atomic mass is 10.3. The summed E-state index contributed by atoms with van der Waals surface area (Å²) >= 11 is 5.89. The van der Waals surface area contributed by atoms with Crippen LogP contribution in [-0.4, -0.2) is 19.0 Å². The summed E-state index contributed by atoms with van der Waals surface area (Å²) in [6.07, 6.45) is 1.01. The van der Waals surface area contributed by atoms with Gasteiger partial charge in [0.15, 0.2) is 0 Å². The fourth-order valence-electron chi connectivity index (χ4n) is 1.14. The maximum absolute atomic E-state index is 11.4. The van der Waals surface area contributed by atoms with Crippen LogP contribution in [0, 0.1) is 0 Å². The Morgan fingerprint density at radius 2 is 2.13 bits per heavy atom. The van der Waals surface area contributed by atoms with Crippen molar-refractivity contribution in [2.24, 2.45) is 0 Å². The van der Waals surface area contributed by atoms with Crippen LogP contribution >= 0.6 is 11.6 Å². The summed E-state index contributed by atoms with van der Waals surface area (Å²) in [7, 11) is 0. The SMILES string of the molecule is CCCNCC(=O)Nc1ccccc1Cl. The molecule has 0 saturated heterocycles. The van der Waals surface area contributed by atoms with Gasteiger partial charge in [0, 0.05) is 0 Å². The van der Waals surface area contributed by atoms with Gasteiger partial charge in [-0.05, 0) is 25.1 Å². The van der Waals surface area contributed by atoms with Crippen LogP contribution in [0.25, 0.3) is 0 Å². The van der Waals surface area contributed by atoms with E-state index in [0.29, 0.717) is 17.3 Å². The predicted octanol–water partition coefficient (Wildman–Crippen LogP) is 2.28. The van der Waals surface area contributed by atoms with Crippen molar-refractivity contribution in [3.63, 3.8) is 0 Å². The number of carbonyl (C=O) groups is 1. The molecule has 1 aromatic carbocycles. The van der Waals surface area contributed by atoms with Crippen molar-refractivity contribution >= 4 is 23.2 Å². The van der Waals surface area contributed by atoms with E-state index in [1.807, 2.05) is 12.1 Å². The molecule has 1 rings (SSSR count). The zero-order valence-electron chi connectivity index (χ0n) is 8.72. The van der Waals surface area contributed by atoms with Crippen molar-refractivity contribution in [1.29, 1.82) is 0 Å². The number of rotatable bonds is 5. The molecule has 0 saturated carbocycles. The molecule has 0 unspecified atom stereocenters. The molecule has 0 aliphatic heterocycles. The zero-order valence-corrected chi connectivity index (χ0v) is 9.47. The van der Waals surface area contributed by atoms with Gasteiger partial charge in [0.05, 0.1) is 17.3 Å². The summed E-state index contributed by atoms with van der Waals surface area (Å²) in [4.78, 5) is 11.4. The van der Waals surface area contributed by atoms with Crippen LogP contribution in [0.5, 0.6) is 0 Å². The van der Waals surface area contributed by atoms with E-state index in [9.17, 15) is 4.79 Å². The maximum atomic E-state index is 11.4. The molecule has 0 atom stereocenters. The van der Waals surface area contributed by atoms with Crippen molar-refractivity contribution in [2.75, 3.05) is 18.4 Å². The van der Waals surface area contributed by atoms with Gasteiger partial charge < -0.3 is 10.6 Å². The summed E-state index contributed by atoms with van der Waals surface area (Å²) in [5.74, 6) is -0.0726. The molecule has 0 bridgehead atoms. The van der Waals surface area contributed by atoms with E-state index >= 15 is 0 Å². The van der Waals surface area contributed by atoms with E-state index in [4.69, 9.17) is 11.6 Å². The number of hydrogen-bond acceptors (Lipinski definition) is 2. The molecule has 0 radical (unpaired) electrons. The van der Waals surface area contributed by atoms with Gasteiger partial charge in [-0.2, -0.15) is 0 Å². The molecule has 82 valence electrons. The Kier molecular flexibility index (Phi) is 5.15. The third-order valence-corrected chi connectivity index (χ3v) is 2.19. The summed E-state index contributed by atoms with van der Waals surface area (Å²) in [5.41, 5.74) is 0.655. The topological polar surface area (TPSA) is 41.1 Å². The lowest BCUT2D eigenvalue weighted by Crippen LogP contribution is -2.28. The highest BCUT2D eigenvalue weighted by Crippen LogP contribution is 2.19. The fraction of sp³-hybridized carbons (Fsp3) is 0.364. The number of carbonyl (C=O) groups excluding carboxylic acids is 1. The molecule has 1 aromatic rings. The Bertz CT molecular complexity index is 328. The average Bonchev–Trinajstić information content (AvgIpc) is 2.22. The average molecular weight is 227 g/mol. The molecule has 15 heavy (non-hydrogen) atoms. The molecule has 0 aliphatic rings. The highest BCUT2D eigenvalue weighted by atomic mass is 35.5. The van der Waals surface area contributed by atoms with Crippen molar-refractivity contribution in [2.45, 2.75) is 13.3 Å². The van der Waals surface area contributed by atoms with Gasteiger partial charge >= 0.3 is 0 Å². The second-order valence-corrected chi connectivity index (χ2v) is 3.61. The van der Waals surface area contributed by atoms with Crippen molar-refractivity contribution in [3.05, 3.63) is 29.3 Å². The first-order valence-electron chi connectivity index (χ1n) is 4.99. The van der Waals surface area contributed by atoms with Crippen molar-refractivity contribution in [3.8, 4) is 0 Å². The molecular formula is C11H15ClN2O. The summed E-state index contributed by atoms with van der Waals surface area (Å²) in [6.45, 7) is 3.22. The second kappa shape index (κ2) is 6.43. The molecule has 0 fully saturated rings. The number of nitrogens with one attached hydrogen (secondary N) is 2. The molecule has 1 amide bonds. The van der Waals surface area contributed by atoms with Gasteiger partial charge in [-0.25, -0.2) is 0 Å². The fourth-order valence-corrected chi connectivity index (χ4v) is 1.32. The third-order valence-electron chi connectivity index (χ3n) is 1.86. The Labute approximate surface area is 94.8 Å². The van der Waals surface area contributed by atoms with Gasteiger partial charge in [-0.15, -0.1) is 0 Å². The molecule has 2 N–H and O–H groups in total.